The Morgan fingerprint density at radius 2 is 1.83 bits per heavy atom. The standard InChI is InChI=1S/C22H15F7N4O3/c23-12-5-13(7-14(6-12)36-22(27,28)29)32-19(34)17-15-3-1-2-4-16(15)20(35)33(10-21(24,25)26)18(17)11-8-30-31-9-11/h1-9,17-18H,10H2,(H,30,31)(H,32,34)/t17-,18+/m0/s1. The highest BCUT2D eigenvalue weighted by Gasteiger charge is 2.48. The number of carbonyl (C=O) groups is 2. The molecule has 3 aromatic rings. The van der Waals surface area contributed by atoms with E-state index in [-0.39, 0.29) is 16.7 Å². The van der Waals surface area contributed by atoms with Crippen LogP contribution in [0.1, 0.15) is 33.4 Å². The van der Waals surface area contributed by atoms with Crippen molar-refractivity contribution < 1.29 is 45.1 Å². The SMILES string of the molecule is O=C(Nc1cc(F)cc(OC(F)(F)F)c1)[C@H]1c2ccccc2C(=O)N(CC(F)(F)F)[C@@H]1c1cn[nH]c1. The summed E-state index contributed by atoms with van der Waals surface area (Å²) in [7, 11) is 0. The highest BCUT2D eigenvalue weighted by molar-refractivity contribution is 6.04. The number of hydrogen-bond donors (Lipinski definition) is 2. The number of aromatic nitrogens is 2. The molecule has 0 fully saturated rings. The Balaban J connectivity index is 1.78. The fraction of sp³-hybridized carbons (Fsp3) is 0.227. The molecule has 0 unspecified atom stereocenters. The summed E-state index contributed by atoms with van der Waals surface area (Å²) < 4.78 is 95.7. The molecule has 1 aliphatic rings. The Morgan fingerprint density at radius 1 is 1.11 bits per heavy atom. The molecule has 190 valence electrons. The molecule has 2 heterocycles. The fourth-order valence-electron chi connectivity index (χ4n) is 4.08. The van der Waals surface area contributed by atoms with Crippen LogP contribution in [0, 0.1) is 5.82 Å². The summed E-state index contributed by atoms with van der Waals surface area (Å²) in [6.07, 6.45) is -7.60. The highest BCUT2D eigenvalue weighted by Crippen LogP contribution is 2.44. The van der Waals surface area contributed by atoms with Gasteiger partial charge in [-0.3, -0.25) is 14.7 Å². The second kappa shape index (κ2) is 9.17. The number of fused-ring (bicyclic) bond motifs is 1. The van der Waals surface area contributed by atoms with Crippen LogP contribution in [0.15, 0.2) is 54.9 Å². The van der Waals surface area contributed by atoms with Crippen molar-refractivity contribution in [3.8, 4) is 5.75 Å². The largest absolute Gasteiger partial charge is 0.573 e. The molecule has 0 radical (unpaired) electrons. The van der Waals surface area contributed by atoms with Gasteiger partial charge in [-0.25, -0.2) is 4.39 Å². The number of hydrogen-bond acceptors (Lipinski definition) is 4. The molecular weight excluding hydrogens is 501 g/mol. The van der Waals surface area contributed by atoms with E-state index in [1.165, 1.54) is 30.5 Å². The number of anilines is 1. The van der Waals surface area contributed by atoms with E-state index < -0.39 is 60.1 Å². The molecule has 0 saturated carbocycles. The maximum Gasteiger partial charge on any atom is 0.573 e. The zero-order valence-corrected chi connectivity index (χ0v) is 17.8. The highest BCUT2D eigenvalue weighted by atomic mass is 19.4. The quantitative estimate of drug-likeness (QED) is 0.471. The van der Waals surface area contributed by atoms with Crippen LogP contribution >= 0.6 is 0 Å². The number of aromatic amines is 1. The molecule has 7 nitrogen and oxygen atoms in total. The first kappa shape index (κ1) is 25.0. The summed E-state index contributed by atoms with van der Waals surface area (Å²) in [6.45, 7) is -1.69. The van der Waals surface area contributed by atoms with Gasteiger partial charge in [-0.2, -0.15) is 18.3 Å². The predicted octanol–water partition coefficient (Wildman–Crippen LogP) is 4.93. The number of halogens is 7. The van der Waals surface area contributed by atoms with Crippen molar-refractivity contribution in [2.75, 3.05) is 11.9 Å². The zero-order valence-electron chi connectivity index (χ0n) is 17.8. The van der Waals surface area contributed by atoms with Crippen LogP contribution in [0.3, 0.4) is 0 Å². The predicted molar refractivity (Wildman–Crippen MR) is 109 cm³/mol. The van der Waals surface area contributed by atoms with E-state index >= 15 is 0 Å². The zero-order chi connectivity index (χ0) is 26.3. The molecule has 4 rings (SSSR count). The van der Waals surface area contributed by atoms with Crippen LogP contribution < -0.4 is 10.1 Å². The third kappa shape index (κ3) is 5.42. The fourth-order valence-corrected chi connectivity index (χ4v) is 4.08. The average Bonchev–Trinajstić information content (AvgIpc) is 3.27. The Hall–Kier alpha value is -4.10. The van der Waals surface area contributed by atoms with Crippen LogP contribution in [-0.2, 0) is 4.79 Å². The first-order chi connectivity index (χ1) is 16.8. The van der Waals surface area contributed by atoms with Gasteiger partial charge in [-0.1, -0.05) is 18.2 Å². The Bertz CT molecular complexity index is 1280. The van der Waals surface area contributed by atoms with Crippen molar-refractivity contribution in [1.29, 1.82) is 0 Å². The molecule has 0 spiro atoms. The second-order valence-electron chi connectivity index (χ2n) is 7.80. The number of amides is 2. The number of alkyl halides is 6. The summed E-state index contributed by atoms with van der Waals surface area (Å²) in [6, 6.07) is 5.86. The van der Waals surface area contributed by atoms with Gasteiger partial charge in [0.05, 0.1) is 18.2 Å². The van der Waals surface area contributed by atoms with Crippen molar-refractivity contribution in [1.82, 2.24) is 15.1 Å². The molecule has 1 aliphatic heterocycles. The van der Waals surface area contributed by atoms with E-state index in [0.717, 1.165) is 6.20 Å². The van der Waals surface area contributed by atoms with E-state index in [0.29, 0.717) is 23.1 Å². The summed E-state index contributed by atoms with van der Waals surface area (Å²) in [5.41, 5.74) is -0.459. The van der Waals surface area contributed by atoms with Gasteiger partial charge in [0.15, 0.2) is 0 Å². The van der Waals surface area contributed by atoms with Gasteiger partial charge in [0, 0.05) is 35.1 Å². The van der Waals surface area contributed by atoms with Gasteiger partial charge in [-0.15, -0.1) is 13.2 Å². The van der Waals surface area contributed by atoms with Crippen LogP contribution in [-0.4, -0.2) is 46.0 Å². The molecular formula is C22H15F7N4O3. The van der Waals surface area contributed by atoms with E-state index in [9.17, 15) is 40.3 Å². The smallest absolute Gasteiger partial charge is 0.406 e. The summed E-state index contributed by atoms with van der Waals surface area (Å²) in [5.74, 6) is -5.57. The van der Waals surface area contributed by atoms with Crippen LogP contribution in [0.25, 0.3) is 0 Å². The van der Waals surface area contributed by atoms with Gasteiger partial charge >= 0.3 is 12.5 Å². The number of rotatable bonds is 5. The van der Waals surface area contributed by atoms with Gasteiger partial charge in [0.25, 0.3) is 5.91 Å². The number of ether oxygens (including phenoxy) is 1. The second-order valence-corrected chi connectivity index (χ2v) is 7.80. The number of benzene rings is 2. The van der Waals surface area contributed by atoms with Crippen molar-refractivity contribution in [2.45, 2.75) is 24.5 Å². The van der Waals surface area contributed by atoms with Crippen molar-refractivity contribution in [2.24, 2.45) is 0 Å². The lowest BCUT2D eigenvalue weighted by Crippen LogP contribution is -2.49. The van der Waals surface area contributed by atoms with Crippen LogP contribution in [0.2, 0.25) is 0 Å². The maximum atomic E-state index is 13.9. The minimum Gasteiger partial charge on any atom is -0.406 e. The Kier molecular flexibility index (Phi) is 6.37. The molecule has 2 N–H and O–H groups in total. The topological polar surface area (TPSA) is 87.3 Å². The van der Waals surface area contributed by atoms with E-state index in [2.05, 4.69) is 20.3 Å². The van der Waals surface area contributed by atoms with Crippen LogP contribution in [0.4, 0.5) is 36.4 Å². The molecule has 2 atom stereocenters. The first-order valence-electron chi connectivity index (χ1n) is 10.1. The third-order valence-electron chi connectivity index (χ3n) is 5.30. The monoisotopic (exact) mass is 516 g/mol. The number of nitrogens with one attached hydrogen (secondary N) is 2. The lowest BCUT2D eigenvalue weighted by Gasteiger charge is -2.41. The molecule has 2 aromatic carbocycles. The molecule has 14 heteroatoms. The Labute approximate surface area is 197 Å². The third-order valence-corrected chi connectivity index (χ3v) is 5.30. The normalized spacial score (nSPS) is 18.1. The van der Waals surface area contributed by atoms with Gasteiger partial charge < -0.3 is 15.0 Å². The van der Waals surface area contributed by atoms with E-state index in [4.69, 9.17) is 0 Å². The molecule has 36 heavy (non-hydrogen) atoms. The van der Waals surface area contributed by atoms with Crippen molar-refractivity contribution in [3.63, 3.8) is 0 Å². The minimum absolute atomic E-state index is 0.0718. The lowest BCUT2D eigenvalue weighted by molar-refractivity contribution is -0.274. The maximum absolute atomic E-state index is 13.9. The lowest BCUT2D eigenvalue weighted by atomic mass is 9.79. The van der Waals surface area contributed by atoms with E-state index in [1.807, 2.05) is 0 Å². The summed E-state index contributed by atoms with van der Waals surface area (Å²) in [4.78, 5) is 26.9. The summed E-state index contributed by atoms with van der Waals surface area (Å²) >= 11 is 0. The number of carbonyl (C=O) groups excluding carboxylic acids is 2. The van der Waals surface area contributed by atoms with Crippen molar-refractivity contribution >= 4 is 17.5 Å². The number of H-pyrrole nitrogens is 1. The molecule has 0 bridgehead atoms. The number of nitrogens with zero attached hydrogens (tertiary/aromatic N) is 2. The Morgan fingerprint density at radius 3 is 2.47 bits per heavy atom. The summed E-state index contributed by atoms with van der Waals surface area (Å²) in [5, 5.41) is 8.35. The van der Waals surface area contributed by atoms with E-state index in [1.54, 1.807) is 0 Å². The average molecular weight is 516 g/mol. The minimum atomic E-state index is -5.14. The molecule has 0 saturated heterocycles. The van der Waals surface area contributed by atoms with Gasteiger partial charge in [0.2, 0.25) is 5.91 Å². The molecule has 0 aliphatic carbocycles. The van der Waals surface area contributed by atoms with Crippen molar-refractivity contribution in [3.05, 3.63) is 77.4 Å². The molecule has 1 aromatic heterocycles. The van der Waals surface area contributed by atoms with Gasteiger partial charge in [-0.05, 0) is 17.7 Å². The van der Waals surface area contributed by atoms with Gasteiger partial charge in [0.1, 0.15) is 18.1 Å². The molecule has 2 amide bonds. The first-order valence-corrected chi connectivity index (χ1v) is 10.1. The van der Waals surface area contributed by atoms with Crippen LogP contribution in [0.5, 0.6) is 5.75 Å².